The van der Waals surface area contributed by atoms with E-state index in [4.69, 9.17) is 0 Å². The van der Waals surface area contributed by atoms with Crippen molar-refractivity contribution in [3.05, 3.63) is 30.3 Å². The van der Waals surface area contributed by atoms with Crippen LogP contribution in [0, 0.1) is 0 Å². The van der Waals surface area contributed by atoms with Crippen LogP contribution in [-0.4, -0.2) is 37.2 Å². The summed E-state index contributed by atoms with van der Waals surface area (Å²) in [5.41, 5.74) is 0.835. The Morgan fingerprint density at radius 3 is 2.52 bits per heavy atom. The highest BCUT2D eigenvalue weighted by Crippen LogP contribution is 2.20. The predicted molar refractivity (Wildman–Crippen MR) is 93.7 cm³/mol. The van der Waals surface area contributed by atoms with Gasteiger partial charge in [-0.15, -0.1) is 0 Å². The number of hydrogen-bond acceptors (Lipinski definition) is 3. The Labute approximate surface area is 138 Å². The van der Waals surface area contributed by atoms with Crippen LogP contribution in [0.2, 0.25) is 0 Å². The summed E-state index contributed by atoms with van der Waals surface area (Å²) < 4.78 is 0. The monoisotopic (exact) mass is 316 g/mol. The lowest BCUT2D eigenvalue weighted by molar-refractivity contribution is 0.225. The maximum atomic E-state index is 12.3. The van der Waals surface area contributed by atoms with Gasteiger partial charge in [-0.2, -0.15) is 0 Å². The summed E-state index contributed by atoms with van der Waals surface area (Å²) in [4.78, 5) is 12.3. The highest BCUT2D eigenvalue weighted by molar-refractivity contribution is 5.89. The number of carbonyl (C=O) groups is 1. The van der Waals surface area contributed by atoms with Crippen LogP contribution in [-0.2, 0) is 0 Å². The van der Waals surface area contributed by atoms with Gasteiger partial charge in [0.2, 0.25) is 0 Å². The van der Waals surface area contributed by atoms with E-state index in [0.717, 1.165) is 31.6 Å². The number of urea groups is 1. The Hall–Kier alpha value is -1.59. The van der Waals surface area contributed by atoms with E-state index in [1.54, 1.807) is 0 Å². The molecule has 3 rings (SSSR count). The summed E-state index contributed by atoms with van der Waals surface area (Å²) in [6, 6.07) is 10.7. The summed E-state index contributed by atoms with van der Waals surface area (Å²) >= 11 is 0. The molecule has 3 atom stereocenters. The summed E-state index contributed by atoms with van der Waals surface area (Å²) in [6.45, 7) is 2.17. The first-order chi connectivity index (χ1) is 11.3. The minimum Gasteiger partial charge on any atom is -0.334 e. The Bertz CT molecular complexity index is 487. The van der Waals surface area contributed by atoms with Crippen LogP contribution < -0.4 is 21.3 Å². The molecular weight excluding hydrogens is 288 g/mol. The molecule has 1 aromatic carbocycles. The van der Waals surface area contributed by atoms with Crippen molar-refractivity contribution in [2.45, 2.75) is 56.7 Å². The van der Waals surface area contributed by atoms with Gasteiger partial charge in [0.05, 0.1) is 0 Å². The zero-order valence-corrected chi connectivity index (χ0v) is 13.7. The molecule has 1 aromatic rings. The number of rotatable bonds is 4. The maximum absolute atomic E-state index is 12.3. The van der Waals surface area contributed by atoms with Crippen molar-refractivity contribution in [2.24, 2.45) is 0 Å². The largest absolute Gasteiger partial charge is 0.334 e. The van der Waals surface area contributed by atoms with Crippen LogP contribution in [0.1, 0.15) is 38.5 Å². The van der Waals surface area contributed by atoms with Gasteiger partial charge in [0.15, 0.2) is 0 Å². The Balaban J connectivity index is 1.52. The average molecular weight is 316 g/mol. The minimum absolute atomic E-state index is 0.100. The van der Waals surface area contributed by atoms with Crippen molar-refractivity contribution < 1.29 is 4.79 Å². The van der Waals surface area contributed by atoms with Crippen LogP contribution in [0.5, 0.6) is 0 Å². The van der Waals surface area contributed by atoms with Crippen molar-refractivity contribution in [2.75, 3.05) is 18.4 Å². The lowest BCUT2D eigenvalue weighted by Gasteiger charge is -2.37. The molecule has 23 heavy (non-hydrogen) atoms. The molecule has 1 saturated carbocycles. The molecule has 1 aliphatic carbocycles. The van der Waals surface area contributed by atoms with Crippen LogP contribution in [0.25, 0.3) is 0 Å². The van der Waals surface area contributed by atoms with Gasteiger partial charge < -0.3 is 21.3 Å². The summed E-state index contributed by atoms with van der Waals surface area (Å²) in [5.74, 6) is 0. The van der Waals surface area contributed by atoms with Gasteiger partial charge in [-0.05, 0) is 44.4 Å². The van der Waals surface area contributed by atoms with E-state index < -0.39 is 0 Å². The molecule has 0 radical (unpaired) electrons. The lowest BCUT2D eigenvalue weighted by Crippen LogP contribution is -2.57. The third-order valence-corrected chi connectivity index (χ3v) is 4.86. The van der Waals surface area contributed by atoms with E-state index >= 15 is 0 Å². The number of carbonyl (C=O) groups excluding carboxylic acids is 1. The second kappa shape index (κ2) is 8.31. The van der Waals surface area contributed by atoms with Gasteiger partial charge in [-0.25, -0.2) is 4.79 Å². The fourth-order valence-electron chi connectivity index (χ4n) is 3.66. The zero-order valence-electron chi connectivity index (χ0n) is 13.7. The number of hydrogen-bond donors (Lipinski definition) is 4. The van der Waals surface area contributed by atoms with E-state index in [2.05, 4.69) is 21.3 Å². The first-order valence-corrected chi connectivity index (χ1v) is 8.90. The Kier molecular flexibility index (Phi) is 5.88. The van der Waals surface area contributed by atoms with Crippen molar-refractivity contribution in [3.63, 3.8) is 0 Å². The highest BCUT2D eigenvalue weighted by Gasteiger charge is 2.28. The molecule has 2 fully saturated rings. The zero-order chi connectivity index (χ0) is 15.9. The summed E-state index contributed by atoms with van der Waals surface area (Å²) in [5, 5.41) is 13.3. The van der Waals surface area contributed by atoms with Gasteiger partial charge in [-0.1, -0.05) is 31.0 Å². The van der Waals surface area contributed by atoms with E-state index in [9.17, 15) is 4.79 Å². The van der Waals surface area contributed by atoms with Gasteiger partial charge >= 0.3 is 6.03 Å². The first kappa shape index (κ1) is 16.3. The van der Waals surface area contributed by atoms with Crippen LogP contribution in [0.15, 0.2) is 30.3 Å². The molecule has 0 unspecified atom stereocenters. The van der Waals surface area contributed by atoms with Gasteiger partial charge in [0, 0.05) is 30.4 Å². The fraction of sp³-hybridized carbons (Fsp3) is 0.611. The molecule has 2 aliphatic rings. The number of para-hydroxylation sites is 1. The van der Waals surface area contributed by atoms with E-state index in [1.807, 2.05) is 30.3 Å². The van der Waals surface area contributed by atoms with E-state index in [1.165, 1.54) is 25.7 Å². The summed E-state index contributed by atoms with van der Waals surface area (Å²) in [6.07, 6.45) is 7.10. The SMILES string of the molecule is O=C(Nc1ccccc1)N[C@@H]1CCCC[C@H]1N[C@H]1CCCNC1. The molecule has 5 nitrogen and oxygen atoms in total. The molecule has 0 spiro atoms. The molecule has 0 aromatic heterocycles. The average Bonchev–Trinajstić information content (AvgIpc) is 2.58. The molecule has 126 valence electrons. The third kappa shape index (κ3) is 4.94. The Morgan fingerprint density at radius 2 is 1.78 bits per heavy atom. The van der Waals surface area contributed by atoms with Gasteiger partial charge in [0.1, 0.15) is 0 Å². The first-order valence-electron chi connectivity index (χ1n) is 8.90. The highest BCUT2D eigenvalue weighted by atomic mass is 16.2. The Morgan fingerprint density at radius 1 is 1.00 bits per heavy atom. The number of amides is 2. The normalized spacial score (nSPS) is 28.1. The van der Waals surface area contributed by atoms with Crippen molar-refractivity contribution >= 4 is 11.7 Å². The van der Waals surface area contributed by atoms with Crippen molar-refractivity contribution in [1.82, 2.24) is 16.0 Å². The molecular formula is C18H28N4O. The predicted octanol–water partition coefficient (Wildman–Crippen LogP) is 2.46. The van der Waals surface area contributed by atoms with E-state index in [0.29, 0.717) is 12.1 Å². The molecule has 4 N–H and O–H groups in total. The second-order valence-electron chi connectivity index (χ2n) is 6.67. The lowest BCUT2D eigenvalue weighted by atomic mass is 9.89. The second-order valence-corrected chi connectivity index (χ2v) is 6.67. The smallest absolute Gasteiger partial charge is 0.319 e. The minimum atomic E-state index is -0.100. The standard InChI is InChI=1S/C18H28N4O/c23-18(21-14-7-2-1-3-8-14)22-17-11-5-4-10-16(17)20-15-9-6-12-19-13-15/h1-3,7-8,15-17,19-20H,4-6,9-13H2,(H2,21,22,23)/t15-,16+,17+/m0/s1. The van der Waals surface area contributed by atoms with Crippen LogP contribution in [0.3, 0.4) is 0 Å². The maximum Gasteiger partial charge on any atom is 0.319 e. The fourth-order valence-corrected chi connectivity index (χ4v) is 3.66. The van der Waals surface area contributed by atoms with Crippen LogP contribution >= 0.6 is 0 Å². The topological polar surface area (TPSA) is 65.2 Å². The number of benzene rings is 1. The molecule has 2 amide bonds. The van der Waals surface area contributed by atoms with Gasteiger partial charge in [-0.3, -0.25) is 0 Å². The molecule has 1 heterocycles. The number of nitrogens with one attached hydrogen (secondary N) is 4. The molecule has 1 aliphatic heterocycles. The quantitative estimate of drug-likeness (QED) is 0.690. The molecule has 1 saturated heterocycles. The molecule has 5 heteroatoms. The summed E-state index contributed by atoms with van der Waals surface area (Å²) in [7, 11) is 0. The van der Waals surface area contributed by atoms with E-state index in [-0.39, 0.29) is 12.1 Å². The number of piperidine rings is 1. The molecule has 0 bridgehead atoms. The van der Waals surface area contributed by atoms with Gasteiger partial charge in [0.25, 0.3) is 0 Å². The number of anilines is 1. The van der Waals surface area contributed by atoms with Crippen molar-refractivity contribution in [3.8, 4) is 0 Å². The van der Waals surface area contributed by atoms with Crippen LogP contribution in [0.4, 0.5) is 10.5 Å². The third-order valence-electron chi connectivity index (χ3n) is 4.86. The van der Waals surface area contributed by atoms with Crippen molar-refractivity contribution in [1.29, 1.82) is 0 Å².